The SMILES string of the molecule is O=C(Nc1cc2cc(-c3cncc4c3CCN4)nc([AsH2])c2cn1)[C@@H]1C[C@@H]1F.O=CO. The van der Waals surface area contributed by atoms with Crippen LogP contribution < -0.4 is 15.1 Å². The number of halogens is 1. The number of nitrogens with zero attached hydrogens (tertiary/aromatic N) is 3. The van der Waals surface area contributed by atoms with E-state index in [2.05, 4.69) is 20.6 Å². The summed E-state index contributed by atoms with van der Waals surface area (Å²) in [5.74, 6) is -0.402. The van der Waals surface area contributed by atoms with E-state index in [9.17, 15) is 9.18 Å². The van der Waals surface area contributed by atoms with Crippen molar-refractivity contribution in [1.29, 1.82) is 0 Å². The maximum Gasteiger partial charge on any atom is 0.290 e. The van der Waals surface area contributed by atoms with Crippen LogP contribution in [0.15, 0.2) is 30.7 Å². The van der Waals surface area contributed by atoms with Crippen molar-refractivity contribution >= 4 is 56.0 Å². The normalized spacial score (nSPS) is 18.6. The summed E-state index contributed by atoms with van der Waals surface area (Å²) >= 11 is 1.42. The minimum atomic E-state index is -1.02. The zero-order chi connectivity index (χ0) is 21.3. The summed E-state index contributed by atoms with van der Waals surface area (Å²) in [6, 6.07) is 3.83. The Morgan fingerprint density at radius 3 is 2.83 bits per heavy atom. The number of alkyl halides is 1. The third-order valence-electron chi connectivity index (χ3n) is 5.07. The summed E-state index contributed by atoms with van der Waals surface area (Å²) in [5.41, 5.74) is 4.18. The Morgan fingerprint density at radius 2 is 2.10 bits per heavy atom. The maximum absolute atomic E-state index is 13.1. The average Bonchev–Trinajstić information content (AvgIpc) is 3.26. The summed E-state index contributed by atoms with van der Waals surface area (Å²) in [7, 11) is 0. The summed E-state index contributed by atoms with van der Waals surface area (Å²) < 4.78 is 14.0. The number of fused-ring (bicyclic) bond motifs is 2. The monoisotopic (exact) mass is 471 g/mol. The molecule has 3 aromatic rings. The number of pyridine rings is 3. The quantitative estimate of drug-likeness (QED) is 0.384. The molecule has 1 amide bonds. The molecule has 1 aliphatic carbocycles. The molecular formula is C20H19AsFN5O3. The van der Waals surface area contributed by atoms with Crippen LogP contribution in [0, 0.1) is 5.92 Å². The first-order chi connectivity index (χ1) is 14.5. The van der Waals surface area contributed by atoms with Gasteiger partial charge < -0.3 is 5.11 Å². The van der Waals surface area contributed by atoms with Gasteiger partial charge in [0.2, 0.25) is 0 Å². The standard InChI is InChI=1S/C19H17AsFN5O.CH2O2/c20-18-12-7-24-17(26-19(27)11-5-14(11)21)4-9(12)3-15(25-18)13-6-22-8-16-10(13)1-2-23-16;2-1-3/h3-4,6-8,11,14,23H,1-2,5,20H2,(H,24,26,27);1H,(H,2,3)/t11-,14+;/m1./s1. The van der Waals surface area contributed by atoms with Crippen molar-refractivity contribution in [3.63, 3.8) is 0 Å². The molecule has 1 fully saturated rings. The van der Waals surface area contributed by atoms with Crippen molar-refractivity contribution in [3.8, 4) is 11.3 Å². The van der Waals surface area contributed by atoms with Gasteiger partial charge in [-0.25, -0.2) is 0 Å². The summed E-state index contributed by atoms with van der Waals surface area (Å²) in [6.07, 6.45) is 5.64. The van der Waals surface area contributed by atoms with Crippen LogP contribution >= 0.6 is 0 Å². The number of amides is 1. The largest absolute Gasteiger partial charge is 0.483 e. The molecule has 3 N–H and O–H groups in total. The van der Waals surface area contributed by atoms with Crippen LogP contribution in [0.1, 0.15) is 12.0 Å². The second-order valence-electron chi connectivity index (χ2n) is 7.03. The number of carboxylic acid groups (broad SMARTS) is 1. The Labute approximate surface area is 179 Å². The Bertz CT molecular complexity index is 1140. The first-order valence-electron chi connectivity index (χ1n) is 9.32. The number of nitrogens with one attached hydrogen (secondary N) is 2. The topological polar surface area (TPSA) is 117 Å². The average molecular weight is 471 g/mol. The van der Waals surface area contributed by atoms with Crippen LogP contribution in [0.4, 0.5) is 15.9 Å². The minimum absolute atomic E-state index is 0.250. The van der Waals surface area contributed by atoms with Crippen molar-refractivity contribution in [2.75, 3.05) is 17.2 Å². The zero-order valence-electron chi connectivity index (χ0n) is 15.8. The second kappa shape index (κ2) is 8.36. The fourth-order valence-corrected chi connectivity index (χ4v) is 4.28. The molecule has 3 atom stereocenters. The smallest absolute Gasteiger partial charge is 0.290 e. The molecule has 5 rings (SSSR count). The van der Waals surface area contributed by atoms with Crippen molar-refractivity contribution in [2.24, 2.45) is 5.92 Å². The van der Waals surface area contributed by atoms with Gasteiger partial charge in [-0.05, 0) is 0 Å². The fourth-order valence-electron chi connectivity index (χ4n) is 3.49. The van der Waals surface area contributed by atoms with Gasteiger partial charge in [0.15, 0.2) is 0 Å². The third-order valence-corrected chi connectivity index (χ3v) is 5.99. The molecule has 1 unspecified atom stereocenters. The van der Waals surface area contributed by atoms with E-state index in [1.807, 2.05) is 24.5 Å². The minimum Gasteiger partial charge on any atom is -0.483 e. The number of carbonyl (C=O) groups is 2. The van der Waals surface area contributed by atoms with E-state index in [0.717, 1.165) is 45.2 Å². The number of rotatable bonds is 3. The van der Waals surface area contributed by atoms with Crippen LogP contribution in [0.2, 0.25) is 0 Å². The molecule has 0 aromatic carbocycles. The van der Waals surface area contributed by atoms with E-state index >= 15 is 0 Å². The van der Waals surface area contributed by atoms with Crippen molar-refractivity contribution < 1.29 is 19.1 Å². The molecule has 8 nitrogen and oxygen atoms in total. The van der Waals surface area contributed by atoms with Gasteiger partial charge in [0.05, 0.1) is 0 Å². The summed E-state index contributed by atoms with van der Waals surface area (Å²) in [4.78, 5) is 33.7. The first kappa shape index (κ1) is 20.2. The molecule has 0 bridgehead atoms. The van der Waals surface area contributed by atoms with Gasteiger partial charge in [-0.3, -0.25) is 4.79 Å². The molecule has 0 radical (unpaired) electrons. The molecule has 4 heterocycles. The molecule has 1 saturated carbocycles. The first-order valence-corrected chi connectivity index (χ1v) is 10.5. The van der Waals surface area contributed by atoms with Crippen LogP contribution in [0.3, 0.4) is 0 Å². The van der Waals surface area contributed by atoms with E-state index in [1.54, 1.807) is 6.20 Å². The molecular weight excluding hydrogens is 452 g/mol. The molecule has 30 heavy (non-hydrogen) atoms. The van der Waals surface area contributed by atoms with E-state index < -0.39 is 12.1 Å². The number of aromatic nitrogens is 3. The van der Waals surface area contributed by atoms with Gasteiger partial charge in [0.25, 0.3) is 6.47 Å². The van der Waals surface area contributed by atoms with E-state index in [4.69, 9.17) is 14.9 Å². The number of carbonyl (C=O) groups excluding carboxylic acids is 1. The van der Waals surface area contributed by atoms with Gasteiger partial charge in [0, 0.05) is 0 Å². The van der Waals surface area contributed by atoms with Crippen molar-refractivity contribution in [2.45, 2.75) is 19.0 Å². The molecule has 0 spiro atoms. The maximum atomic E-state index is 13.1. The summed E-state index contributed by atoms with van der Waals surface area (Å²) in [6.45, 7) is 0.654. The second-order valence-corrected chi connectivity index (χ2v) is 8.17. The Hall–Kier alpha value is -3.06. The Balaban J connectivity index is 0.000000687. The number of anilines is 2. The molecule has 154 valence electrons. The van der Waals surface area contributed by atoms with Gasteiger partial charge in [-0.1, -0.05) is 0 Å². The van der Waals surface area contributed by atoms with Crippen molar-refractivity contribution in [3.05, 3.63) is 36.3 Å². The predicted octanol–water partition coefficient (Wildman–Crippen LogP) is 0.915. The van der Waals surface area contributed by atoms with Crippen LogP contribution in [-0.2, 0) is 16.0 Å². The molecule has 2 aliphatic rings. The van der Waals surface area contributed by atoms with E-state index in [1.165, 1.54) is 22.4 Å². The Kier molecular flexibility index (Phi) is 5.63. The predicted molar refractivity (Wildman–Crippen MR) is 113 cm³/mol. The molecule has 0 saturated heterocycles. The van der Waals surface area contributed by atoms with Gasteiger partial charge >= 0.3 is 163 Å². The fraction of sp³-hybridized carbons (Fsp3) is 0.250. The van der Waals surface area contributed by atoms with Gasteiger partial charge in [-0.15, -0.1) is 0 Å². The van der Waals surface area contributed by atoms with Crippen LogP contribution in [0.25, 0.3) is 22.0 Å². The van der Waals surface area contributed by atoms with Gasteiger partial charge in [0.1, 0.15) is 0 Å². The van der Waals surface area contributed by atoms with Gasteiger partial charge in [-0.2, -0.15) is 0 Å². The van der Waals surface area contributed by atoms with E-state index in [-0.39, 0.29) is 12.4 Å². The van der Waals surface area contributed by atoms with Crippen LogP contribution in [-0.4, -0.2) is 62.0 Å². The Morgan fingerprint density at radius 1 is 1.33 bits per heavy atom. The molecule has 10 heteroatoms. The van der Waals surface area contributed by atoms with E-state index in [0.29, 0.717) is 12.2 Å². The molecule has 3 aromatic heterocycles. The third kappa shape index (κ3) is 3.98. The van der Waals surface area contributed by atoms with Crippen LogP contribution in [0.5, 0.6) is 0 Å². The number of hydrogen-bond acceptors (Lipinski definition) is 6. The summed E-state index contributed by atoms with van der Waals surface area (Å²) in [5, 5.41) is 14.8. The van der Waals surface area contributed by atoms with Crippen molar-refractivity contribution in [1.82, 2.24) is 15.0 Å². The zero-order valence-corrected chi connectivity index (χ0v) is 18.2. The molecule has 1 aliphatic heterocycles. The number of hydrogen-bond donors (Lipinski definition) is 3.